The molecule has 0 atom stereocenters. The topological polar surface area (TPSA) is 75.0 Å². The van der Waals surface area contributed by atoms with Gasteiger partial charge >= 0.3 is 0 Å². The Bertz CT molecular complexity index is 610. The lowest BCUT2D eigenvalue weighted by Crippen LogP contribution is -2.42. The number of aromatic nitrogens is 2. The highest BCUT2D eigenvalue weighted by molar-refractivity contribution is 7.09. The molecule has 2 aromatic heterocycles. The van der Waals surface area contributed by atoms with E-state index in [0.717, 1.165) is 42.2 Å². The summed E-state index contributed by atoms with van der Waals surface area (Å²) in [4.78, 5) is 21.8. The van der Waals surface area contributed by atoms with Crippen molar-refractivity contribution in [3.63, 3.8) is 0 Å². The smallest absolute Gasteiger partial charge is 0.270 e. The van der Waals surface area contributed by atoms with Crippen molar-refractivity contribution in [2.75, 3.05) is 13.1 Å². The number of hydrogen-bond donors (Lipinski definition) is 2. The number of amides is 1. The Kier molecular flexibility index (Phi) is 3.58. The van der Waals surface area contributed by atoms with Crippen molar-refractivity contribution in [1.29, 1.82) is 0 Å². The first-order valence-corrected chi connectivity index (χ1v) is 7.67. The van der Waals surface area contributed by atoms with Crippen molar-refractivity contribution in [2.24, 2.45) is 5.73 Å². The number of H-pyrrole nitrogens is 1. The number of piperidine rings is 1. The van der Waals surface area contributed by atoms with Crippen LogP contribution in [-0.4, -0.2) is 39.9 Å². The van der Waals surface area contributed by atoms with E-state index in [9.17, 15) is 4.79 Å². The average Bonchev–Trinajstić information content (AvgIpc) is 3.07. The molecule has 0 radical (unpaired) electrons. The molecular formula is C14H18N4OS. The SMILES string of the molecule is Cc1nc(-c2c[nH]c(C(=O)N3CCC(N)CC3)c2)cs1. The van der Waals surface area contributed by atoms with Crippen molar-refractivity contribution in [3.8, 4) is 11.3 Å². The minimum atomic E-state index is 0.0510. The van der Waals surface area contributed by atoms with E-state index in [1.807, 2.05) is 29.5 Å². The summed E-state index contributed by atoms with van der Waals surface area (Å²) in [6.07, 6.45) is 3.60. The van der Waals surface area contributed by atoms with Crippen LogP contribution in [-0.2, 0) is 0 Å². The third-order valence-electron chi connectivity index (χ3n) is 3.66. The zero-order valence-electron chi connectivity index (χ0n) is 11.4. The minimum absolute atomic E-state index is 0.0510. The first-order chi connectivity index (χ1) is 9.63. The number of nitrogens with two attached hydrogens (primary N) is 1. The maximum Gasteiger partial charge on any atom is 0.270 e. The van der Waals surface area contributed by atoms with E-state index in [2.05, 4.69) is 9.97 Å². The summed E-state index contributed by atoms with van der Waals surface area (Å²) in [7, 11) is 0. The molecule has 3 heterocycles. The predicted octanol–water partition coefficient (Wildman–Crippen LogP) is 2.01. The molecule has 106 valence electrons. The molecule has 0 saturated carbocycles. The Morgan fingerprint density at radius 3 is 2.90 bits per heavy atom. The van der Waals surface area contributed by atoms with Crippen molar-refractivity contribution >= 4 is 17.2 Å². The summed E-state index contributed by atoms with van der Waals surface area (Å²) in [6.45, 7) is 3.46. The Hall–Kier alpha value is -1.66. The number of hydrogen-bond acceptors (Lipinski definition) is 4. The number of carbonyl (C=O) groups is 1. The number of nitrogens with one attached hydrogen (secondary N) is 1. The van der Waals surface area contributed by atoms with Crippen LogP contribution >= 0.6 is 11.3 Å². The first-order valence-electron chi connectivity index (χ1n) is 6.79. The Labute approximate surface area is 121 Å². The second-order valence-corrected chi connectivity index (χ2v) is 6.25. The lowest BCUT2D eigenvalue weighted by Gasteiger charge is -2.29. The van der Waals surface area contributed by atoms with Crippen LogP contribution in [0.5, 0.6) is 0 Å². The van der Waals surface area contributed by atoms with Gasteiger partial charge in [-0.2, -0.15) is 0 Å². The van der Waals surface area contributed by atoms with Crippen LogP contribution in [0.25, 0.3) is 11.3 Å². The van der Waals surface area contributed by atoms with Gasteiger partial charge in [0.1, 0.15) is 5.69 Å². The number of nitrogens with zero attached hydrogens (tertiary/aromatic N) is 2. The highest BCUT2D eigenvalue weighted by Gasteiger charge is 2.22. The van der Waals surface area contributed by atoms with E-state index in [1.165, 1.54) is 0 Å². The first kappa shape index (κ1) is 13.3. The third-order valence-corrected chi connectivity index (χ3v) is 4.43. The Balaban J connectivity index is 1.75. The van der Waals surface area contributed by atoms with E-state index in [1.54, 1.807) is 11.3 Å². The van der Waals surface area contributed by atoms with Gasteiger partial charge in [-0.3, -0.25) is 4.79 Å². The largest absolute Gasteiger partial charge is 0.357 e. The second kappa shape index (κ2) is 5.38. The summed E-state index contributed by atoms with van der Waals surface area (Å²) in [5.74, 6) is 0.0510. The van der Waals surface area contributed by atoms with Crippen LogP contribution in [0.2, 0.25) is 0 Å². The van der Waals surface area contributed by atoms with E-state index >= 15 is 0 Å². The summed E-state index contributed by atoms with van der Waals surface area (Å²) in [6, 6.07) is 2.11. The zero-order chi connectivity index (χ0) is 14.1. The molecule has 0 unspecified atom stereocenters. The van der Waals surface area contributed by atoms with E-state index in [4.69, 9.17) is 5.73 Å². The fraction of sp³-hybridized carbons (Fsp3) is 0.429. The highest BCUT2D eigenvalue weighted by Crippen LogP contribution is 2.23. The molecular weight excluding hydrogens is 272 g/mol. The molecule has 0 aromatic carbocycles. The van der Waals surface area contributed by atoms with Gasteiger partial charge in [0.25, 0.3) is 5.91 Å². The summed E-state index contributed by atoms with van der Waals surface area (Å²) >= 11 is 1.61. The normalized spacial score (nSPS) is 16.6. The quantitative estimate of drug-likeness (QED) is 0.888. The molecule has 3 rings (SSSR count). The molecule has 2 aromatic rings. The maximum absolute atomic E-state index is 12.4. The summed E-state index contributed by atoms with van der Waals surface area (Å²) < 4.78 is 0. The van der Waals surface area contributed by atoms with Crippen LogP contribution in [0.3, 0.4) is 0 Å². The van der Waals surface area contributed by atoms with Gasteiger partial charge in [-0.15, -0.1) is 11.3 Å². The molecule has 0 bridgehead atoms. The van der Waals surface area contributed by atoms with Gasteiger partial charge in [-0.05, 0) is 25.8 Å². The molecule has 0 spiro atoms. The van der Waals surface area contributed by atoms with Crippen LogP contribution < -0.4 is 5.73 Å². The molecule has 1 aliphatic heterocycles. The summed E-state index contributed by atoms with van der Waals surface area (Å²) in [5, 5.41) is 3.03. The van der Waals surface area contributed by atoms with Gasteiger partial charge in [0, 0.05) is 36.3 Å². The van der Waals surface area contributed by atoms with Crippen LogP contribution in [0.15, 0.2) is 17.6 Å². The minimum Gasteiger partial charge on any atom is -0.357 e. The van der Waals surface area contributed by atoms with Crippen LogP contribution in [0, 0.1) is 6.92 Å². The zero-order valence-corrected chi connectivity index (χ0v) is 12.2. The molecule has 1 fully saturated rings. The number of aryl methyl sites for hydroxylation is 1. The molecule has 20 heavy (non-hydrogen) atoms. The van der Waals surface area contributed by atoms with Crippen molar-refractivity contribution in [2.45, 2.75) is 25.8 Å². The van der Waals surface area contributed by atoms with Crippen molar-refractivity contribution in [3.05, 3.63) is 28.3 Å². The molecule has 5 nitrogen and oxygen atoms in total. The van der Waals surface area contributed by atoms with Gasteiger partial charge < -0.3 is 15.6 Å². The maximum atomic E-state index is 12.4. The molecule has 1 saturated heterocycles. The monoisotopic (exact) mass is 290 g/mol. The van der Waals surface area contributed by atoms with Gasteiger partial charge in [-0.25, -0.2) is 4.98 Å². The molecule has 1 aliphatic rings. The lowest BCUT2D eigenvalue weighted by atomic mass is 10.1. The lowest BCUT2D eigenvalue weighted by molar-refractivity contribution is 0.0709. The van der Waals surface area contributed by atoms with Crippen LogP contribution in [0.1, 0.15) is 28.3 Å². The third kappa shape index (κ3) is 2.62. The Morgan fingerprint density at radius 1 is 1.50 bits per heavy atom. The molecule has 0 aliphatic carbocycles. The van der Waals surface area contributed by atoms with E-state index in [0.29, 0.717) is 5.69 Å². The number of rotatable bonds is 2. The van der Waals surface area contributed by atoms with Crippen LogP contribution in [0.4, 0.5) is 0 Å². The molecule has 3 N–H and O–H groups in total. The fourth-order valence-corrected chi connectivity index (χ4v) is 3.06. The van der Waals surface area contributed by atoms with E-state index < -0.39 is 0 Å². The highest BCUT2D eigenvalue weighted by atomic mass is 32.1. The van der Waals surface area contributed by atoms with Gasteiger partial charge in [0.15, 0.2) is 0 Å². The van der Waals surface area contributed by atoms with Gasteiger partial charge in [0.05, 0.1) is 10.7 Å². The number of likely N-dealkylation sites (tertiary alicyclic amines) is 1. The molecule has 6 heteroatoms. The van der Waals surface area contributed by atoms with Crippen molar-refractivity contribution < 1.29 is 4.79 Å². The standard InChI is InChI=1S/C14H18N4OS/c1-9-17-13(8-20-9)10-6-12(16-7-10)14(19)18-4-2-11(15)3-5-18/h6-8,11,16H,2-5,15H2,1H3. The molecule has 1 amide bonds. The Morgan fingerprint density at radius 2 is 2.25 bits per heavy atom. The number of carbonyl (C=O) groups excluding carboxylic acids is 1. The van der Waals surface area contributed by atoms with Gasteiger partial charge in [-0.1, -0.05) is 0 Å². The predicted molar refractivity (Wildman–Crippen MR) is 79.8 cm³/mol. The average molecular weight is 290 g/mol. The summed E-state index contributed by atoms with van der Waals surface area (Å²) in [5.41, 5.74) is 8.38. The van der Waals surface area contributed by atoms with Gasteiger partial charge in [0.2, 0.25) is 0 Å². The van der Waals surface area contributed by atoms with E-state index in [-0.39, 0.29) is 11.9 Å². The second-order valence-electron chi connectivity index (χ2n) is 5.18. The van der Waals surface area contributed by atoms with Crippen molar-refractivity contribution in [1.82, 2.24) is 14.9 Å². The fourth-order valence-electron chi connectivity index (χ4n) is 2.43. The number of aromatic amines is 1. The number of thiazole rings is 1.